The summed E-state index contributed by atoms with van der Waals surface area (Å²) in [4.78, 5) is 10.6. The van der Waals surface area contributed by atoms with Crippen molar-refractivity contribution in [2.45, 2.75) is 6.42 Å². The average molecular weight is 263 g/mol. The Kier molecular flexibility index (Phi) is 4.07. The lowest BCUT2D eigenvalue weighted by atomic mass is 10.3. The van der Waals surface area contributed by atoms with E-state index in [1.54, 1.807) is 35.8 Å². The topological polar surface area (TPSA) is 25.2 Å². The van der Waals surface area contributed by atoms with Crippen LogP contribution in [-0.2, 0) is 6.42 Å². The number of aromatic nitrogens is 1. The van der Waals surface area contributed by atoms with Crippen LogP contribution in [0, 0.1) is 0 Å². The van der Waals surface area contributed by atoms with Crippen LogP contribution < -0.4 is 0 Å². The van der Waals surface area contributed by atoms with Crippen LogP contribution in [0.3, 0.4) is 0 Å². The fourth-order valence-electron chi connectivity index (χ4n) is 1.36. The quantitative estimate of drug-likeness (QED) is 0.459. The van der Waals surface area contributed by atoms with Gasteiger partial charge in [0, 0.05) is 29.1 Å². The molecule has 0 radical (unpaired) electrons. The third-order valence-corrected chi connectivity index (χ3v) is 3.38. The standard InChI is InChI=1S/C13H11ClN2S/c1-2-3-7-15-8-6-11-9-10-4-5-12(14)16-13(10)17-11/h2-5,7-9H,1,6H2/b7-3-,15-8?. The van der Waals surface area contributed by atoms with Crippen molar-refractivity contribution in [3.05, 3.63) is 53.2 Å². The summed E-state index contributed by atoms with van der Waals surface area (Å²) in [5, 5.41) is 1.66. The number of pyridine rings is 1. The number of fused-ring (bicyclic) bond motifs is 1. The van der Waals surface area contributed by atoms with Crippen molar-refractivity contribution in [2.24, 2.45) is 4.99 Å². The van der Waals surface area contributed by atoms with Crippen LogP contribution in [0.15, 0.2) is 48.1 Å². The number of allylic oxidation sites excluding steroid dienone is 2. The summed E-state index contributed by atoms with van der Waals surface area (Å²) in [6, 6.07) is 5.91. The molecule has 0 amide bonds. The van der Waals surface area contributed by atoms with E-state index in [2.05, 4.69) is 22.6 Å². The van der Waals surface area contributed by atoms with Crippen LogP contribution in [0.1, 0.15) is 4.88 Å². The molecular formula is C13H11ClN2S. The van der Waals surface area contributed by atoms with Gasteiger partial charge in [-0.15, -0.1) is 11.3 Å². The van der Waals surface area contributed by atoms with Gasteiger partial charge in [-0.3, -0.25) is 4.99 Å². The third-order valence-electron chi connectivity index (χ3n) is 2.11. The molecule has 0 atom stereocenters. The van der Waals surface area contributed by atoms with E-state index >= 15 is 0 Å². The SMILES string of the molecule is C=C/C=C\N=CCc1cc2ccc(Cl)nc2s1. The summed E-state index contributed by atoms with van der Waals surface area (Å²) >= 11 is 7.48. The molecule has 2 aromatic rings. The van der Waals surface area contributed by atoms with Crippen molar-refractivity contribution >= 4 is 39.4 Å². The van der Waals surface area contributed by atoms with Crippen molar-refractivity contribution in [3.8, 4) is 0 Å². The van der Waals surface area contributed by atoms with E-state index in [-0.39, 0.29) is 0 Å². The van der Waals surface area contributed by atoms with Crippen molar-refractivity contribution in [1.82, 2.24) is 4.98 Å². The molecule has 0 aliphatic heterocycles. The van der Waals surface area contributed by atoms with Gasteiger partial charge < -0.3 is 0 Å². The normalized spacial score (nSPS) is 11.8. The van der Waals surface area contributed by atoms with Gasteiger partial charge in [0.15, 0.2) is 0 Å². The second-order valence-electron chi connectivity index (χ2n) is 3.35. The molecule has 0 fully saturated rings. The van der Waals surface area contributed by atoms with E-state index in [9.17, 15) is 0 Å². The second kappa shape index (κ2) is 5.75. The zero-order valence-electron chi connectivity index (χ0n) is 9.14. The summed E-state index contributed by atoms with van der Waals surface area (Å²) in [5.41, 5.74) is 0. The van der Waals surface area contributed by atoms with E-state index in [0.29, 0.717) is 5.15 Å². The number of nitrogens with zero attached hydrogens (tertiary/aromatic N) is 2. The monoisotopic (exact) mass is 262 g/mol. The third kappa shape index (κ3) is 3.25. The van der Waals surface area contributed by atoms with Gasteiger partial charge in [0.05, 0.1) is 0 Å². The Morgan fingerprint density at radius 3 is 3.18 bits per heavy atom. The van der Waals surface area contributed by atoms with Crippen LogP contribution >= 0.6 is 22.9 Å². The molecule has 0 aliphatic carbocycles. The molecule has 0 saturated carbocycles. The largest absolute Gasteiger partial charge is 0.269 e. The molecule has 4 heteroatoms. The maximum atomic E-state index is 5.84. The first-order valence-electron chi connectivity index (χ1n) is 5.14. The van der Waals surface area contributed by atoms with Gasteiger partial charge in [0.1, 0.15) is 9.98 Å². The van der Waals surface area contributed by atoms with Gasteiger partial charge in [-0.2, -0.15) is 0 Å². The number of aliphatic imine (C=N–C) groups is 1. The highest BCUT2D eigenvalue weighted by atomic mass is 35.5. The smallest absolute Gasteiger partial charge is 0.130 e. The molecule has 2 rings (SSSR count). The highest BCUT2D eigenvalue weighted by molar-refractivity contribution is 7.18. The first-order chi connectivity index (χ1) is 8.29. The molecule has 0 unspecified atom stereocenters. The lowest BCUT2D eigenvalue weighted by Crippen LogP contribution is -1.78. The maximum absolute atomic E-state index is 5.84. The number of halogens is 1. The Morgan fingerprint density at radius 2 is 2.35 bits per heavy atom. The lowest BCUT2D eigenvalue weighted by Gasteiger charge is -1.87. The van der Waals surface area contributed by atoms with E-state index in [0.717, 1.165) is 16.6 Å². The van der Waals surface area contributed by atoms with Crippen molar-refractivity contribution < 1.29 is 0 Å². The maximum Gasteiger partial charge on any atom is 0.130 e. The van der Waals surface area contributed by atoms with Crippen molar-refractivity contribution in [2.75, 3.05) is 0 Å². The predicted molar refractivity (Wildman–Crippen MR) is 76.2 cm³/mol. The predicted octanol–water partition coefficient (Wildman–Crippen LogP) is 4.26. The molecule has 0 saturated heterocycles. The van der Waals surface area contributed by atoms with Gasteiger partial charge in [-0.05, 0) is 24.3 Å². The van der Waals surface area contributed by atoms with Crippen molar-refractivity contribution in [3.63, 3.8) is 0 Å². The zero-order valence-corrected chi connectivity index (χ0v) is 10.7. The zero-order chi connectivity index (χ0) is 12.1. The Bertz CT molecular complexity index is 584. The summed E-state index contributed by atoms with van der Waals surface area (Å²) < 4.78 is 0. The molecule has 0 aromatic carbocycles. The molecule has 2 nitrogen and oxygen atoms in total. The van der Waals surface area contributed by atoms with Crippen molar-refractivity contribution in [1.29, 1.82) is 0 Å². The van der Waals surface area contributed by atoms with E-state index < -0.39 is 0 Å². The van der Waals surface area contributed by atoms with Crippen LogP contribution in [-0.4, -0.2) is 11.2 Å². The minimum absolute atomic E-state index is 0.536. The van der Waals surface area contributed by atoms with E-state index in [1.807, 2.05) is 12.3 Å². The Labute approximate surface area is 109 Å². The van der Waals surface area contributed by atoms with Crippen LogP contribution in [0.25, 0.3) is 10.2 Å². The lowest BCUT2D eigenvalue weighted by molar-refractivity contribution is 1.43. The Morgan fingerprint density at radius 1 is 1.47 bits per heavy atom. The van der Waals surface area contributed by atoms with Gasteiger partial charge >= 0.3 is 0 Å². The molecule has 0 aliphatic rings. The molecule has 2 heterocycles. The first kappa shape index (κ1) is 12.0. The first-order valence-corrected chi connectivity index (χ1v) is 6.33. The molecule has 2 aromatic heterocycles. The molecule has 0 bridgehead atoms. The molecular weight excluding hydrogens is 252 g/mol. The van der Waals surface area contributed by atoms with E-state index in [4.69, 9.17) is 11.6 Å². The van der Waals surface area contributed by atoms with Gasteiger partial charge in [0.2, 0.25) is 0 Å². The van der Waals surface area contributed by atoms with Crippen LogP contribution in [0.4, 0.5) is 0 Å². The van der Waals surface area contributed by atoms with Gasteiger partial charge in [-0.25, -0.2) is 4.98 Å². The fraction of sp³-hybridized carbons (Fsp3) is 0.0769. The Hall–Kier alpha value is -1.45. The highest BCUT2D eigenvalue weighted by Gasteiger charge is 2.02. The number of thiophene rings is 1. The summed E-state index contributed by atoms with van der Waals surface area (Å²) in [7, 11) is 0. The molecule has 0 N–H and O–H groups in total. The summed E-state index contributed by atoms with van der Waals surface area (Å²) in [5.74, 6) is 0. The molecule has 86 valence electrons. The number of hydrogen-bond acceptors (Lipinski definition) is 3. The molecule has 17 heavy (non-hydrogen) atoms. The Balaban J connectivity index is 2.11. The number of rotatable bonds is 4. The highest BCUT2D eigenvalue weighted by Crippen LogP contribution is 2.25. The number of hydrogen-bond donors (Lipinski definition) is 0. The minimum atomic E-state index is 0.536. The molecule has 0 spiro atoms. The van der Waals surface area contributed by atoms with E-state index in [1.165, 1.54) is 4.88 Å². The van der Waals surface area contributed by atoms with Crippen LogP contribution in [0.5, 0.6) is 0 Å². The summed E-state index contributed by atoms with van der Waals surface area (Å²) in [6.45, 7) is 3.57. The summed E-state index contributed by atoms with van der Waals surface area (Å²) in [6.07, 6.45) is 7.88. The second-order valence-corrected chi connectivity index (χ2v) is 4.86. The average Bonchev–Trinajstić information content (AvgIpc) is 2.70. The fourth-order valence-corrected chi connectivity index (χ4v) is 2.54. The minimum Gasteiger partial charge on any atom is -0.269 e. The van der Waals surface area contributed by atoms with Gasteiger partial charge in [-0.1, -0.05) is 24.3 Å². The van der Waals surface area contributed by atoms with Gasteiger partial charge in [0.25, 0.3) is 0 Å². The van der Waals surface area contributed by atoms with Crippen LogP contribution in [0.2, 0.25) is 5.15 Å².